The zero-order chi connectivity index (χ0) is 24.8. The first-order valence-electron chi connectivity index (χ1n) is 13.6. The highest BCUT2D eigenvalue weighted by atomic mass is 16.5. The van der Waals surface area contributed by atoms with Crippen molar-refractivity contribution in [2.75, 3.05) is 33.4 Å². The number of benzene rings is 1. The molecule has 0 bridgehead atoms. The minimum absolute atomic E-state index is 0.00816. The SMILES string of the molecule is COCC(=O)N1CCC(N(Cc2ccc(C)cc2)C2CC2)C[C@@H]1C(=O)NCC1CCC(CN)CC1. The van der Waals surface area contributed by atoms with Gasteiger partial charge in [-0.25, -0.2) is 0 Å². The Bertz CT molecular complexity index is 833. The smallest absolute Gasteiger partial charge is 0.249 e. The second kappa shape index (κ2) is 12.3. The molecule has 2 saturated carbocycles. The molecule has 0 spiro atoms. The zero-order valence-electron chi connectivity index (χ0n) is 21.6. The van der Waals surface area contributed by atoms with E-state index in [1.807, 2.05) is 0 Å². The summed E-state index contributed by atoms with van der Waals surface area (Å²) in [7, 11) is 1.54. The maximum atomic E-state index is 13.4. The van der Waals surface area contributed by atoms with Crippen LogP contribution in [0.5, 0.6) is 0 Å². The highest BCUT2D eigenvalue weighted by molar-refractivity contribution is 5.88. The second-order valence-electron chi connectivity index (χ2n) is 11.0. The average Bonchev–Trinajstić information content (AvgIpc) is 3.72. The van der Waals surface area contributed by atoms with E-state index in [0.717, 1.165) is 45.2 Å². The van der Waals surface area contributed by atoms with Gasteiger partial charge < -0.3 is 20.7 Å². The van der Waals surface area contributed by atoms with Gasteiger partial charge in [0.15, 0.2) is 0 Å². The van der Waals surface area contributed by atoms with E-state index in [1.54, 1.807) is 4.90 Å². The molecule has 7 heteroatoms. The number of nitrogens with zero attached hydrogens (tertiary/aromatic N) is 2. The van der Waals surface area contributed by atoms with Gasteiger partial charge in [-0.05, 0) is 82.2 Å². The van der Waals surface area contributed by atoms with Crippen molar-refractivity contribution in [2.45, 2.75) is 83.0 Å². The third-order valence-corrected chi connectivity index (χ3v) is 8.30. The van der Waals surface area contributed by atoms with E-state index in [-0.39, 0.29) is 18.4 Å². The van der Waals surface area contributed by atoms with Crippen molar-refractivity contribution in [1.29, 1.82) is 0 Å². The molecule has 35 heavy (non-hydrogen) atoms. The number of methoxy groups -OCH3 is 1. The van der Waals surface area contributed by atoms with Gasteiger partial charge in [0.25, 0.3) is 0 Å². The summed E-state index contributed by atoms with van der Waals surface area (Å²) in [5.74, 6) is 1.04. The van der Waals surface area contributed by atoms with Gasteiger partial charge in [0.2, 0.25) is 11.8 Å². The predicted octanol–water partition coefficient (Wildman–Crippen LogP) is 2.85. The van der Waals surface area contributed by atoms with Gasteiger partial charge in [0, 0.05) is 38.8 Å². The highest BCUT2D eigenvalue weighted by Crippen LogP contribution is 2.35. The molecule has 4 rings (SSSR count). The van der Waals surface area contributed by atoms with Crippen LogP contribution in [0.4, 0.5) is 0 Å². The fourth-order valence-electron chi connectivity index (χ4n) is 5.90. The number of ether oxygens (including phenoxy) is 1. The lowest BCUT2D eigenvalue weighted by atomic mass is 9.82. The number of nitrogens with two attached hydrogens (primary N) is 1. The van der Waals surface area contributed by atoms with Crippen LogP contribution in [0.2, 0.25) is 0 Å². The van der Waals surface area contributed by atoms with Crippen LogP contribution in [0.3, 0.4) is 0 Å². The molecule has 1 heterocycles. The van der Waals surface area contributed by atoms with E-state index in [1.165, 1.54) is 31.1 Å². The Morgan fingerprint density at radius 1 is 1.03 bits per heavy atom. The molecule has 1 aromatic rings. The minimum atomic E-state index is -0.434. The molecule has 2 atom stereocenters. The molecule has 2 amide bonds. The summed E-state index contributed by atoms with van der Waals surface area (Å²) in [5.41, 5.74) is 8.42. The van der Waals surface area contributed by atoms with Crippen molar-refractivity contribution < 1.29 is 14.3 Å². The fraction of sp³-hybridized carbons (Fsp3) is 0.714. The van der Waals surface area contributed by atoms with Crippen LogP contribution >= 0.6 is 0 Å². The number of carbonyl (C=O) groups is 2. The van der Waals surface area contributed by atoms with Crippen LogP contribution in [-0.2, 0) is 20.9 Å². The van der Waals surface area contributed by atoms with Gasteiger partial charge in [-0.3, -0.25) is 14.5 Å². The Kier molecular flexibility index (Phi) is 9.20. The summed E-state index contributed by atoms with van der Waals surface area (Å²) >= 11 is 0. The van der Waals surface area contributed by atoms with Crippen molar-refractivity contribution in [3.8, 4) is 0 Å². The first kappa shape index (κ1) is 26.1. The average molecular weight is 485 g/mol. The number of piperidine rings is 1. The van der Waals surface area contributed by atoms with Crippen molar-refractivity contribution in [1.82, 2.24) is 15.1 Å². The maximum Gasteiger partial charge on any atom is 0.249 e. The Morgan fingerprint density at radius 2 is 1.71 bits per heavy atom. The summed E-state index contributed by atoms with van der Waals surface area (Å²) in [5, 5.41) is 3.22. The van der Waals surface area contributed by atoms with E-state index in [9.17, 15) is 9.59 Å². The second-order valence-corrected chi connectivity index (χ2v) is 11.0. The van der Waals surface area contributed by atoms with Crippen molar-refractivity contribution in [3.05, 3.63) is 35.4 Å². The normalized spacial score (nSPS) is 27.1. The molecule has 3 N–H and O–H groups in total. The highest BCUT2D eigenvalue weighted by Gasteiger charge is 2.42. The summed E-state index contributed by atoms with van der Waals surface area (Å²) < 4.78 is 5.13. The number of rotatable bonds is 10. The number of amides is 2. The van der Waals surface area contributed by atoms with E-state index < -0.39 is 6.04 Å². The summed E-state index contributed by atoms with van der Waals surface area (Å²) in [6.07, 6.45) is 8.55. The van der Waals surface area contributed by atoms with E-state index in [0.29, 0.717) is 43.4 Å². The van der Waals surface area contributed by atoms with Gasteiger partial charge in [-0.2, -0.15) is 0 Å². The van der Waals surface area contributed by atoms with Crippen LogP contribution in [0.1, 0.15) is 62.5 Å². The number of aryl methyl sites for hydroxylation is 1. The molecule has 1 saturated heterocycles. The first-order chi connectivity index (χ1) is 17.0. The molecule has 0 aromatic heterocycles. The lowest BCUT2D eigenvalue weighted by molar-refractivity contribution is -0.146. The van der Waals surface area contributed by atoms with Gasteiger partial charge in [-0.15, -0.1) is 0 Å². The largest absolute Gasteiger partial charge is 0.375 e. The number of nitrogens with one attached hydrogen (secondary N) is 1. The molecule has 3 aliphatic rings. The summed E-state index contributed by atoms with van der Waals surface area (Å²) in [6, 6.07) is 9.22. The third kappa shape index (κ3) is 7.05. The Balaban J connectivity index is 1.41. The standard InChI is InChI=1S/C28H44N4O3/c1-20-3-5-23(6-4-20)18-32(24-11-12-24)25-13-14-31(27(33)19-35-2)26(15-25)28(34)30-17-22-9-7-21(16-29)8-10-22/h3-6,21-22,24-26H,7-19,29H2,1-2H3,(H,30,34)/t21?,22?,25?,26-/m1/s1. The summed E-state index contributed by atoms with van der Waals surface area (Å²) in [6.45, 7) is 5.10. The topological polar surface area (TPSA) is 87.9 Å². The third-order valence-electron chi connectivity index (χ3n) is 8.30. The molecule has 1 unspecified atom stereocenters. The Hall–Kier alpha value is -1.96. The lowest BCUT2D eigenvalue weighted by Crippen LogP contribution is -2.58. The molecule has 1 aromatic carbocycles. The van der Waals surface area contributed by atoms with Gasteiger partial charge in [-0.1, -0.05) is 29.8 Å². The monoisotopic (exact) mass is 484 g/mol. The molecule has 7 nitrogen and oxygen atoms in total. The number of likely N-dealkylation sites (tertiary alicyclic amines) is 1. The van der Waals surface area contributed by atoms with Crippen molar-refractivity contribution in [3.63, 3.8) is 0 Å². The van der Waals surface area contributed by atoms with E-state index >= 15 is 0 Å². The minimum Gasteiger partial charge on any atom is -0.375 e. The van der Waals surface area contributed by atoms with Gasteiger partial charge in [0.1, 0.15) is 12.6 Å². The van der Waals surface area contributed by atoms with Gasteiger partial charge >= 0.3 is 0 Å². The number of hydrogen-bond acceptors (Lipinski definition) is 5. The fourth-order valence-corrected chi connectivity index (χ4v) is 5.90. The van der Waals surface area contributed by atoms with Crippen LogP contribution in [-0.4, -0.2) is 73.1 Å². The van der Waals surface area contributed by atoms with E-state index in [4.69, 9.17) is 10.5 Å². The molecule has 0 radical (unpaired) electrons. The molecule has 3 fully saturated rings. The van der Waals surface area contributed by atoms with Crippen molar-refractivity contribution in [2.24, 2.45) is 17.6 Å². The molecular formula is C28H44N4O3. The predicted molar refractivity (Wildman–Crippen MR) is 138 cm³/mol. The quantitative estimate of drug-likeness (QED) is 0.533. The number of carbonyl (C=O) groups excluding carboxylic acids is 2. The molecule has 194 valence electrons. The zero-order valence-corrected chi connectivity index (χ0v) is 21.6. The van der Waals surface area contributed by atoms with Crippen LogP contribution in [0, 0.1) is 18.8 Å². The van der Waals surface area contributed by atoms with Crippen LogP contribution < -0.4 is 11.1 Å². The van der Waals surface area contributed by atoms with Crippen LogP contribution in [0.25, 0.3) is 0 Å². The van der Waals surface area contributed by atoms with E-state index in [2.05, 4.69) is 41.4 Å². The number of hydrogen-bond donors (Lipinski definition) is 2. The summed E-state index contributed by atoms with van der Waals surface area (Å²) in [4.78, 5) is 30.6. The maximum absolute atomic E-state index is 13.4. The molecule has 2 aliphatic carbocycles. The molecule has 1 aliphatic heterocycles. The lowest BCUT2D eigenvalue weighted by Gasteiger charge is -2.43. The van der Waals surface area contributed by atoms with Crippen LogP contribution in [0.15, 0.2) is 24.3 Å². The Morgan fingerprint density at radius 3 is 2.34 bits per heavy atom. The van der Waals surface area contributed by atoms with Crippen molar-refractivity contribution >= 4 is 11.8 Å². The first-order valence-corrected chi connectivity index (χ1v) is 13.6. The van der Waals surface area contributed by atoms with Gasteiger partial charge in [0.05, 0.1) is 0 Å². The molecular weight excluding hydrogens is 440 g/mol. The Labute approximate surface area is 210 Å².